The lowest BCUT2D eigenvalue weighted by atomic mass is 10.4. The van der Waals surface area contributed by atoms with Gasteiger partial charge in [-0.3, -0.25) is 0 Å². The van der Waals surface area contributed by atoms with Gasteiger partial charge in [-0.1, -0.05) is 0 Å². The summed E-state index contributed by atoms with van der Waals surface area (Å²) in [6, 6.07) is -0.0480. The topological polar surface area (TPSA) is 96.5 Å². The predicted octanol–water partition coefficient (Wildman–Crippen LogP) is -1.22. The second-order valence-corrected chi connectivity index (χ2v) is 5.40. The van der Waals surface area contributed by atoms with Gasteiger partial charge in [-0.15, -0.1) is 0 Å². The molecule has 2 atom stereocenters. The van der Waals surface area contributed by atoms with Gasteiger partial charge in [0.05, 0.1) is 6.61 Å². The Hall–Kier alpha value is -0.860. The molecule has 16 heavy (non-hydrogen) atoms. The Morgan fingerprint density at radius 1 is 1.44 bits per heavy atom. The summed E-state index contributed by atoms with van der Waals surface area (Å²) in [6.07, 6.45) is -0.945. The zero-order chi connectivity index (χ0) is 11.8. The minimum atomic E-state index is -3.78. The van der Waals surface area contributed by atoms with Gasteiger partial charge in [0.15, 0.2) is 0 Å². The summed E-state index contributed by atoms with van der Waals surface area (Å²) in [5.74, 6) is 0.720. The highest BCUT2D eigenvalue weighted by Gasteiger charge is 2.54. The van der Waals surface area contributed by atoms with Crippen molar-refractivity contribution in [3.63, 3.8) is 0 Å². The van der Waals surface area contributed by atoms with Gasteiger partial charge < -0.3 is 10.1 Å². The van der Waals surface area contributed by atoms with Crippen molar-refractivity contribution in [2.75, 3.05) is 19.7 Å². The second-order valence-electron chi connectivity index (χ2n) is 3.96. The van der Waals surface area contributed by atoms with Crippen molar-refractivity contribution in [3.8, 4) is 0 Å². The number of carbonyl (C=O) groups is 1. The van der Waals surface area contributed by atoms with Crippen LogP contribution in [0.1, 0.15) is 6.92 Å². The largest absolute Gasteiger partial charge is 0.449 e. The first-order chi connectivity index (χ1) is 7.53. The van der Waals surface area contributed by atoms with Gasteiger partial charge in [-0.05, 0) is 31.8 Å². The van der Waals surface area contributed by atoms with Gasteiger partial charge in [-0.2, -0.15) is 13.1 Å². The summed E-state index contributed by atoms with van der Waals surface area (Å²) >= 11 is 0. The minimum absolute atomic E-state index is 0.0480. The fourth-order valence-corrected chi connectivity index (χ4v) is 3.12. The molecule has 1 saturated heterocycles. The molecule has 0 bridgehead atoms. The summed E-state index contributed by atoms with van der Waals surface area (Å²) < 4.78 is 31.6. The van der Waals surface area contributed by atoms with Gasteiger partial charge >= 0.3 is 16.3 Å². The van der Waals surface area contributed by atoms with Crippen molar-refractivity contribution in [2.45, 2.75) is 13.0 Å². The van der Waals surface area contributed by atoms with E-state index in [9.17, 15) is 13.2 Å². The number of ether oxygens (including phenoxy) is 1. The van der Waals surface area contributed by atoms with E-state index in [1.807, 2.05) is 0 Å². The van der Waals surface area contributed by atoms with Crippen molar-refractivity contribution >= 4 is 16.3 Å². The standard InChI is InChI=1S/C8H15N3O4S/c1-2-15-8(12)11-16(13,14)10-7-5-3-9-4-6(5)7/h5-7,9-10H,2-4H2,1H3,(H,11,12). The van der Waals surface area contributed by atoms with Gasteiger partial charge in [0.25, 0.3) is 0 Å². The van der Waals surface area contributed by atoms with Crippen LogP contribution in [0.2, 0.25) is 0 Å². The first-order valence-electron chi connectivity index (χ1n) is 5.21. The Bertz CT molecular complexity index is 373. The number of nitrogens with one attached hydrogen (secondary N) is 3. The zero-order valence-corrected chi connectivity index (χ0v) is 9.71. The molecule has 92 valence electrons. The first kappa shape index (κ1) is 11.6. The number of hydrogen-bond donors (Lipinski definition) is 3. The third-order valence-electron chi connectivity index (χ3n) is 2.88. The van der Waals surface area contributed by atoms with E-state index in [0.29, 0.717) is 11.8 Å². The molecular formula is C8H15N3O4S. The average molecular weight is 249 g/mol. The number of rotatable bonds is 4. The van der Waals surface area contributed by atoms with E-state index in [2.05, 4.69) is 14.8 Å². The van der Waals surface area contributed by atoms with Crippen molar-refractivity contribution in [2.24, 2.45) is 11.8 Å². The van der Waals surface area contributed by atoms with Crippen LogP contribution in [0.4, 0.5) is 4.79 Å². The number of hydrogen-bond acceptors (Lipinski definition) is 5. The van der Waals surface area contributed by atoms with E-state index in [4.69, 9.17) is 0 Å². The molecule has 0 aromatic heterocycles. The van der Waals surface area contributed by atoms with E-state index in [-0.39, 0.29) is 12.6 Å². The molecule has 1 amide bonds. The summed E-state index contributed by atoms with van der Waals surface area (Å²) in [5.41, 5.74) is 0. The molecule has 1 aliphatic heterocycles. The maximum atomic E-state index is 11.5. The maximum Gasteiger partial charge on any atom is 0.421 e. The van der Waals surface area contributed by atoms with Gasteiger partial charge in [0.2, 0.25) is 0 Å². The lowest BCUT2D eigenvalue weighted by Crippen LogP contribution is -2.43. The maximum absolute atomic E-state index is 11.5. The van der Waals surface area contributed by atoms with Crippen LogP contribution < -0.4 is 14.8 Å². The number of carbonyl (C=O) groups excluding carboxylic acids is 1. The fraction of sp³-hybridized carbons (Fsp3) is 0.875. The van der Waals surface area contributed by atoms with Crippen molar-refractivity contribution in [1.82, 2.24) is 14.8 Å². The van der Waals surface area contributed by atoms with Crippen LogP contribution in [0.3, 0.4) is 0 Å². The minimum Gasteiger partial charge on any atom is -0.449 e. The van der Waals surface area contributed by atoms with Gasteiger partial charge in [0.1, 0.15) is 0 Å². The Balaban J connectivity index is 1.82. The fourth-order valence-electron chi connectivity index (χ4n) is 2.07. The average Bonchev–Trinajstić information content (AvgIpc) is 2.60. The number of amides is 1. The Kier molecular flexibility index (Phi) is 3.04. The molecule has 0 spiro atoms. The highest BCUT2D eigenvalue weighted by Crippen LogP contribution is 2.41. The molecule has 3 N–H and O–H groups in total. The lowest BCUT2D eigenvalue weighted by molar-refractivity contribution is 0.158. The molecule has 2 rings (SSSR count). The lowest BCUT2D eigenvalue weighted by Gasteiger charge is -2.09. The van der Waals surface area contributed by atoms with Crippen LogP contribution in [0, 0.1) is 11.8 Å². The molecule has 1 heterocycles. The van der Waals surface area contributed by atoms with Crippen LogP contribution in [0.5, 0.6) is 0 Å². The molecule has 2 unspecified atom stereocenters. The molecule has 0 radical (unpaired) electrons. The Morgan fingerprint density at radius 2 is 2.06 bits per heavy atom. The third kappa shape index (κ3) is 2.45. The Labute approximate surface area is 94.1 Å². The van der Waals surface area contributed by atoms with E-state index in [1.165, 1.54) is 0 Å². The van der Waals surface area contributed by atoms with Crippen LogP contribution >= 0.6 is 0 Å². The molecule has 2 fully saturated rings. The van der Waals surface area contributed by atoms with Crippen LogP contribution in [-0.4, -0.2) is 40.2 Å². The third-order valence-corrected chi connectivity index (χ3v) is 3.89. The summed E-state index contributed by atoms with van der Waals surface area (Å²) in [6.45, 7) is 3.41. The van der Waals surface area contributed by atoms with Crippen LogP contribution in [0.15, 0.2) is 0 Å². The SMILES string of the molecule is CCOC(=O)NS(=O)(=O)NC1C2CNCC21. The van der Waals surface area contributed by atoms with Crippen molar-refractivity contribution in [1.29, 1.82) is 0 Å². The summed E-state index contributed by atoms with van der Waals surface area (Å²) in [5, 5.41) is 3.15. The van der Waals surface area contributed by atoms with E-state index >= 15 is 0 Å². The van der Waals surface area contributed by atoms with Crippen molar-refractivity contribution < 1.29 is 17.9 Å². The molecule has 0 aromatic rings. The first-order valence-corrected chi connectivity index (χ1v) is 6.69. The molecule has 8 heteroatoms. The summed E-state index contributed by atoms with van der Waals surface area (Å²) in [4.78, 5) is 10.9. The second kappa shape index (κ2) is 4.19. The summed E-state index contributed by atoms with van der Waals surface area (Å²) in [7, 11) is -3.78. The normalized spacial score (nSPS) is 31.9. The number of piperidine rings is 1. The highest BCUT2D eigenvalue weighted by molar-refractivity contribution is 7.88. The van der Waals surface area contributed by atoms with E-state index < -0.39 is 16.3 Å². The quantitative estimate of drug-likeness (QED) is 0.580. The zero-order valence-electron chi connectivity index (χ0n) is 8.89. The molecule has 1 saturated carbocycles. The van der Waals surface area contributed by atoms with Gasteiger partial charge in [0, 0.05) is 6.04 Å². The Morgan fingerprint density at radius 3 is 2.62 bits per heavy atom. The van der Waals surface area contributed by atoms with E-state index in [1.54, 1.807) is 11.6 Å². The molecule has 7 nitrogen and oxygen atoms in total. The van der Waals surface area contributed by atoms with Crippen LogP contribution in [-0.2, 0) is 14.9 Å². The molecule has 2 aliphatic rings. The highest BCUT2D eigenvalue weighted by atomic mass is 32.2. The van der Waals surface area contributed by atoms with Gasteiger partial charge in [-0.25, -0.2) is 9.52 Å². The molecular weight excluding hydrogens is 234 g/mol. The van der Waals surface area contributed by atoms with Crippen molar-refractivity contribution in [3.05, 3.63) is 0 Å². The monoisotopic (exact) mass is 249 g/mol. The van der Waals surface area contributed by atoms with E-state index in [0.717, 1.165) is 13.1 Å². The number of fused-ring (bicyclic) bond motifs is 1. The van der Waals surface area contributed by atoms with Crippen LogP contribution in [0.25, 0.3) is 0 Å². The molecule has 1 aliphatic carbocycles. The molecule has 0 aromatic carbocycles. The predicted molar refractivity (Wildman–Crippen MR) is 55.9 cm³/mol. The smallest absolute Gasteiger partial charge is 0.421 e.